The summed E-state index contributed by atoms with van der Waals surface area (Å²) in [5.41, 5.74) is -1.33. The molecule has 0 aliphatic carbocycles. The predicted octanol–water partition coefficient (Wildman–Crippen LogP) is 9.60. The third-order valence-electron chi connectivity index (χ3n) is 10.9. The van der Waals surface area contributed by atoms with E-state index >= 15 is 8.42 Å². The average molecular weight is 884 g/mol. The number of ether oxygens (including phenoxy) is 5. The van der Waals surface area contributed by atoms with Gasteiger partial charge >= 0.3 is 23.9 Å². The molecule has 0 aromatic heterocycles. The lowest BCUT2D eigenvalue weighted by Gasteiger charge is -2.29. The predicted molar refractivity (Wildman–Crippen MR) is 240 cm³/mol. The third kappa shape index (κ3) is 14.6. The molecule has 0 radical (unpaired) electrons. The van der Waals surface area contributed by atoms with E-state index in [4.69, 9.17) is 23.7 Å². The first-order valence-electron chi connectivity index (χ1n) is 22.3. The molecule has 1 aliphatic heterocycles. The normalized spacial score (nSPS) is 17.8. The molecule has 63 heavy (non-hydrogen) atoms. The number of carbonyl (C=O) groups excluding carboxylic acids is 4. The highest BCUT2D eigenvalue weighted by Crippen LogP contribution is 2.36. The maximum absolute atomic E-state index is 15.2. The summed E-state index contributed by atoms with van der Waals surface area (Å²) < 4.78 is 62.4. The number of sulfonamides is 1. The molecule has 0 N–H and O–H groups in total. The summed E-state index contributed by atoms with van der Waals surface area (Å²) in [5.74, 6) is -3.37. The quantitative estimate of drug-likeness (QED) is 0.0337. The van der Waals surface area contributed by atoms with Crippen LogP contribution in [0, 0.1) is 0 Å². The van der Waals surface area contributed by atoms with Crippen LogP contribution in [0.1, 0.15) is 132 Å². The second kappa shape index (κ2) is 25.7. The first-order chi connectivity index (χ1) is 30.6. The molecule has 12 nitrogen and oxygen atoms in total. The fraction of sp³-hybridized carbons (Fsp3) is 0.440. The van der Waals surface area contributed by atoms with Crippen LogP contribution < -0.4 is 0 Å². The van der Waals surface area contributed by atoms with Gasteiger partial charge in [-0.25, -0.2) is 27.6 Å². The van der Waals surface area contributed by atoms with Gasteiger partial charge in [0.2, 0.25) is 15.5 Å². The molecule has 1 fully saturated rings. The van der Waals surface area contributed by atoms with E-state index in [1.54, 1.807) is 84.9 Å². The molecule has 5 rings (SSSR count). The minimum atomic E-state index is -4.53. The van der Waals surface area contributed by atoms with Crippen molar-refractivity contribution in [2.24, 2.45) is 0 Å². The average Bonchev–Trinajstić information content (AvgIpc) is 3.67. The molecule has 5 atom stereocenters. The Bertz CT molecular complexity index is 2090. The summed E-state index contributed by atoms with van der Waals surface area (Å²) in [6.07, 6.45) is 4.47. The van der Waals surface area contributed by atoms with Crippen molar-refractivity contribution in [2.45, 2.75) is 121 Å². The zero-order valence-electron chi connectivity index (χ0n) is 36.4. The highest BCUT2D eigenvalue weighted by molar-refractivity contribution is 7.89. The zero-order chi connectivity index (χ0) is 44.9. The smallest absolute Gasteiger partial charge is 0.338 e. The van der Waals surface area contributed by atoms with Crippen molar-refractivity contribution in [3.8, 4) is 0 Å². The van der Waals surface area contributed by atoms with Gasteiger partial charge in [-0.2, -0.15) is 4.31 Å². The number of nitrogens with zero attached hydrogens (tertiary/aromatic N) is 1. The van der Waals surface area contributed by atoms with Crippen molar-refractivity contribution in [3.63, 3.8) is 0 Å². The summed E-state index contributed by atoms with van der Waals surface area (Å²) >= 11 is 0. The summed E-state index contributed by atoms with van der Waals surface area (Å²) in [5, 5.41) is 0. The largest absolute Gasteiger partial charge is 0.458 e. The van der Waals surface area contributed by atoms with Gasteiger partial charge < -0.3 is 23.7 Å². The Morgan fingerprint density at radius 1 is 0.524 bits per heavy atom. The minimum absolute atomic E-state index is 0.116. The molecule has 1 heterocycles. The Morgan fingerprint density at radius 3 is 1.35 bits per heavy atom. The van der Waals surface area contributed by atoms with Crippen LogP contribution in [-0.2, 0) is 33.7 Å². The lowest BCUT2D eigenvalue weighted by atomic mass is 10.1. The molecule has 1 aliphatic rings. The molecule has 0 saturated carbocycles. The molecule has 0 amide bonds. The van der Waals surface area contributed by atoms with Gasteiger partial charge in [-0.1, -0.05) is 151 Å². The van der Waals surface area contributed by atoms with E-state index in [0.29, 0.717) is 12.8 Å². The van der Waals surface area contributed by atoms with Crippen molar-refractivity contribution in [1.82, 2.24) is 4.31 Å². The zero-order valence-corrected chi connectivity index (χ0v) is 37.2. The lowest BCUT2D eigenvalue weighted by molar-refractivity contribution is -0.0905. The van der Waals surface area contributed by atoms with Crippen LogP contribution in [-0.4, -0.2) is 86.1 Å². The third-order valence-corrected chi connectivity index (χ3v) is 13.0. The molecule has 4 aromatic carbocycles. The summed E-state index contributed by atoms with van der Waals surface area (Å²) in [4.78, 5) is 55.1. The first kappa shape index (κ1) is 48.7. The van der Waals surface area contributed by atoms with Gasteiger partial charge in [-0.05, 0) is 61.4 Å². The highest BCUT2D eigenvalue weighted by atomic mass is 32.2. The molecular formula is C50H61NO11S. The van der Waals surface area contributed by atoms with E-state index in [1.165, 1.54) is 40.7 Å². The number of hydrogen-bond acceptors (Lipinski definition) is 11. The number of rotatable bonds is 26. The second-order valence-electron chi connectivity index (χ2n) is 15.7. The Morgan fingerprint density at radius 2 is 0.905 bits per heavy atom. The van der Waals surface area contributed by atoms with Gasteiger partial charge in [0.15, 0.2) is 18.3 Å². The maximum atomic E-state index is 15.2. The molecule has 338 valence electrons. The first-order valence-corrected chi connectivity index (χ1v) is 23.8. The standard InChI is InChI=1S/C50H61NO11S/c1-3-5-7-9-11-25-35-51(36-26-12-10-8-6-4-2)63(56,57)50-45(61-49(55)41-33-23-16-24-34-41)44(60-48(54)40-31-21-15-22-32-40)43(62-50)42(59-47(53)39-29-19-14-20-30-39)37-58-46(52)38-27-17-13-18-28-38/h13-24,27-34,42-45,50H,3-12,25-26,35-37H2,1-2H3/t42-,43+,44+,45-,50+/m1/s1. The molecular weight excluding hydrogens is 823 g/mol. The van der Waals surface area contributed by atoms with Crippen LogP contribution in [0.5, 0.6) is 0 Å². The summed E-state index contributed by atoms with van der Waals surface area (Å²) in [6.45, 7) is 4.00. The van der Waals surface area contributed by atoms with Crippen molar-refractivity contribution in [3.05, 3.63) is 144 Å². The van der Waals surface area contributed by atoms with Gasteiger partial charge in [-0.3, -0.25) is 0 Å². The molecule has 13 heteroatoms. The lowest BCUT2D eigenvalue weighted by Crippen LogP contribution is -2.49. The Kier molecular flexibility index (Phi) is 19.8. The van der Waals surface area contributed by atoms with Crippen LogP contribution in [0.25, 0.3) is 0 Å². The summed E-state index contributed by atoms with van der Waals surface area (Å²) in [6, 6.07) is 32.2. The van der Waals surface area contributed by atoms with E-state index in [1.807, 2.05) is 0 Å². The van der Waals surface area contributed by atoms with Crippen LogP contribution in [0.2, 0.25) is 0 Å². The second-order valence-corrected chi connectivity index (χ2v) is 17.7. The van der Waals surface area contributed by atoms with Crippen molar-refractivity contribution >= 4 is 33.9 Å². The van der Waals surface area contributed by atoms with Gasteiger partial charge in [0.1, 0.15) is 12.7 Å². The van der Waals surface area contributed by atoms with Crippen molar-refractivity contribution in [1.29, 1.82) is 0 Å². The fourth-order valence-electron chi connectivity index (χ4n) is 7.42. The van der Waals surface area contributed by atoms with E-state index in [2.05, 4.69) is 13.8 Å². The molecule has 0 spiro atoms. The van der Waals surface area contributed by atoms with Gasteiger partial charge in [0.25, 0.3) is 0 Å². The monoisotopic (exact) mass is 883 g/mol. The number of carbonyl (C=O) groups is 4. The van der Waals surface area contributed by atoms with Gasteiger partial charge in [0.05, 0.1) is 22.3 Å². The van der Waals surface area contributed by atoms with E-state index in [0.717, 1.165) is 64.2 Å². The van der Waals surface area contributed by atoms with Crippen LogP contribution in [0.15, 0.2) is 121 Å². The van der Waals surface area contributed by atoms with Gasteiger partial charge in [-0.15, -0.1) is 0 Å². The van der Waals surface area contributed by atoms with Crippen molar-refractivity contribution < 1.29 is 51.3 Å². The summed E-state index contributed by atoms with van der Waals surface area (Å²) in [7, 11) is -4.53. The number of unbranched alkanes of at least 4 members (excludes halogenated alkanes) is 10. The van der Waals surface area contributed by atoms with Crippen LogP contribution in [0.3, 0.4) is 0 Å². The maximum Gasteiger partial charge on any atom is 0.338 e. The molecule has 1 saturated heterocycles. The fourth-order valence-corrected chi connectivity index (χ4v) is 9.30. The molecule has 4 aromatic rings. The van der Waals surface area contributed by atoms with E-state index in [-0.39, 0.29) is 35.3 Å². The Balaban J connectivity index is 1.58. The molecule has 0 bridgehead atoms. The van der Waals surface area contributed by atoms with Crippen LogP contribution >= 0.6 is 0 Å². The van der Waals surface area contributed by atoms with Gasteiger partial charge in [0, 0.05) is 13.1 Å². The number of hydrogen-bond donors (Lipinski definition) is 0. The minimum Gasteiger partial charge on any atom is -0.458 e. The van der Waals surface area contributed by atoms with Crippen molar-refractivity contribution in [2.75, 3.05) is 19.7 Å². The van der Waals surface area contributed by atoms with Crippen LogP contribution in [0.4, 0.5) is 0 Å². The Labute approximate surface area is 372 Å². The topological polar surface area (TPSA) is 152 Å². The SMILES string of the molecule is CCCCCCCCN(CCCCCCCC)S(=O)(=O)[C@@H]1O[C@@H]([C@@H](COC(=O)c2ccccc2)OC(=O)c2ccccc2)[C@H](OC(=O)c2ccccc2)[C@H]1OC(=O)c1ccccc1. The number of esters is 4. The number of benzene rings is 4. The van der Waals surface area contributed by atoms with E-state index < -0.39 is 70.4 Å². The van der Waals surface area contributed by atoms with E-state index in [9.17, 15) is 19.2 Å². The molecule has 0 unspecified atom stereocenters. The Hall–Kier alpha value is -5.37. The highest BCUT2D eigenvalue weighted by Gasteiger charge is 2.59.